The Kier molecular flexibility index (Phi) is 7.65. The van der Waals surface area contributed by atoms with E-state index in [4.69, 9.17) is 24.7 Å². The average molecular weight is 547 g/mol. The number of morpholine rings is 1. The maximum atomic E-state index is 6.80. The molecule has 0 radical (unpaired) electrons. The average Bonchev–Trinajstić information content (AvgIpc) is 3.04. The molecule has 0 saturated carbocycles. The second-order valence-electron chi connectivity index (χ2n) is 10.1. The van der Waals surface area contributed by atoms with Crippen molar-refractivity contribution in [2.75, 3.05) is 51.2 Å². The van der Waals surface area contributed by atoms with Crippen LogP contribution in [0.4, 0.5) is 11.4 Å². The van der Waals surface area contributed by atoms with Gasteiger partial charge in [0.2, 0.25) is 0 Å². The van der Waals surface area contributed by atoms with Crippen molar-refractivity contribution in [1.82, 2.24) is 0 Å². The van der Waals surface area contributed by atoms with Crippen molar-refractivity contribution in [3.8, 4) is 39.5 Å². The molecule has 1 saturated heterocycles. The molecule has 1 fully saturated rings. The summed E-state index contributed by atoms with van der Waals surface area (Å²) in [5, 5.41) is 2.02. The number of nitrogens with two attached hydrogens (primary N) is 1. The third kappa shape index (κ3) is 5.39. The van der Waals surface area contributed by atoms with Gasteiger partial charge < -0.3 is 29.6 Å². The Hall–Kier alpha value is -4.68. The van der Waals surface area contributed by atoms with Gasteiger partial charge in [-0.25, -0.2) is 0 Å². The highest BCUT2D eigenvalue weighted by Gasteiger charge is 2.23. The second-order valence-corrected chi connectivity index (χ2v) is 10.1. The van der Waals surface area contributed by atoms with Gasteiger partial charge in [0.1, 0.15) is 23.9 Å². The normalized spacial score (nSPS) is 13.3. The van der Waals surface area contributed by atoms with E-state index in [9.17, 15) is 0 Å². The zero-order chi connectivity index (χ0) is 28.2. The molecule has 2 N–H and O–H groups in total. The van der Waals surface area contributed by atoms with Gasteiger partial charge in [-0.3, -0.25) is 0 Å². The molecule has 5 aromatic rings. The number of benzene rings is 5. The molecular formula is C35H34N2O4. The second kappa shape index (κ2) is 11.8. The van der Waals surface area contributed by atoms with Gasteiger partial charge in [0.25, 0.3) is 0 Å². The summed E-state index contributed by atoms with van der Waals surface area (Å²) in [4.78, 5) is 2.38. The van der Waals surface area contributed by atoms with E-state index >= 15 is 0 Å². The number of nitrogens with zero attached hydrogens (tertiary/aromatic N) is 1. The molecule has 0 aliphatic carbocycles. The predicted molar refractivity (Wildman–Crippen MR) is 166 cm³/mol. The van der Waals surface area contributed by atoms with Crippen molar-refractivity contribution in [1.29, 1.82) is 0 Å². The molecule has 1 aliphatic rings. The summed E-state index contributed by atoms with van der Waals surface area (Å²) in [6, 6.07) is 32.9. The van der Waals surface area contributed by atoms with E-state index in [0.29, 0.717) is 25.5 Å². The Morgan fingerprint density at radius 2 is 1.46 bits per heavy atom. The van der Waals surface area contributed by atoms with Gasteiger partial charge in [-0.05, 0) is 40.8 Å². The SMILES string of the molecule is COc1ccc(-c2cc3c(OCc4ccccc4)cc(N)c(-c4ccccc4)c3cc2N2CCOCC2)c(OC)c1. The molecule has 5 aromatic carbocycles. The fourth-order valence-electron chi connectivity index (χ4n) is 5.53. The number of anilines is 2. The molecule has 41 heavy (non-hydrogen) atoms. The van der Waals surface area contributed by atoms with Crippen LogP contribution in [-0.4, -0.2) is 40.5 Å². The van der Waals surface area contributed by atoms with E-state index in [0.717, 1.165) is 74.6 Å². The van der Waals surface area contributed by atoms with Gasteiger partial charge in [-0.2, -0.15) is 0 Å². The summed E-state index contributed by atoms with van der Waals surface area (Å²) < 4.78 is 23.6. The molecule has 0 atom stereocenters. The van der Waals surface area contributed by atoms with Gasteiger partial charge in [-0.1, -0.05) is 60.7 Å². The first-order valence-electron chi connectivity index (χ1n) is 13.8. The van der Waals surface area contributed by atoms with Crippen LogP contribution < -0.4 is 24.8 Å². The summed E-state index contributed by atoms with van der Waals surface area (Å²) >= 11 is 0. The smallest absolute Gasteiger partial charge is 0.130 e. The minimum absolute atomic E-state index is 0.437. The monoisotopic (exact) mass is 546 g/mol. The molecule has 6 heteroatoms. The number of rotatable bonds is 8. The van der Waals surface area contributed by atoms with Crippen molar-refractivity contribution in [3.63, 3.8) is 0 Å². The van der Waals surface area contributed by atoms with Gasteiger partial charge in [0.05, 0.1) is 27.4 Å². The molecule has 0 bridgehead atoms. The topological polar surface area (TPSA) is 66.2 Å². The van der Waals surface area contributed by atoms with Crippen molar-refractivity contribution in [2.24, 2.45) is 0 Å². The zero-order valence-corrected chi connectivity index (χ0v) is 23.4. The van der Waals surface area contributed by atoms with Crippen LogP contribution in [0.5, 0.6) is 17.2 Å². The molecule has 1 aliphatic heterocycles. The number of hydrogen-bond donors (Lipinski definition) is 1. The molecule has 1 heterocycles. The predicted octanol–water partition coefficient (Wildman–Crippen LogP) is 7.19. The molecule has 0 aromatic heterocycles. The highest BCUT2D eigenvalue weighted by Crippen LogP contribution is 2.47. The number of hydrogen-bond acceptors (Lipinski definition) is 6. The summed E-state index contributed by atoms with van der Waals surface area (Å²) in [7, 11) is 3.35. The maximum absolute atomic E-state index is 6.80. The fraction of sp³-hybridized carbons (Fsp3) is 0.200. The highest BCUT2D eigenvalue weighted by molar-refractivity contribution is 6.09. The van der Waals surface area contributed by atoms with Crippen molar-refractivity contribution in [3.05, 3.63) is 103 Å². The van der Waals surface area contributed by atoms with Crippen molar-refractivity contribution in [2.45, 2.75) is 6.61 Å². The zero-order valence-electron chi connectivity index (χ0n) is 23.4. The molecule has 208 valence electrons. The van der Waals surface area contributed by atoms with Crippen LogP contribution in [0, 0.1) is 0 Å². The quantitative estimate of drug-likeness (QED) is 0.208. The maximum Gasteiger partial charge on any atom is 0.130 e. The first-order valence-corrected chi connectivity index (χ1v) is 13.8. The van der Waals surface area contributed by atoms with Gasteiger partial charge in [-0.15, -0.1) is 0 Å². The van der Waals surface area contributed by atoms with Crippen LogP contribution in [-0.2, 0) is 11.3 Å². The van der Waals surface area contributed by atoms with E-state index in [2.05, 4.69) is 47.4 Å². The van der Waals surface area contributed by atoms with Crippen LogP contribution in [0.15, 0.2) is 97.1 Å². The minimum atomic E-state index is 0.437. The highest BCUT2D eigenvalue weighted by atomic mass is 16.5. The Bertz CT molecular complexity index is 1650. The van der Waals surface area contributed by atoms with Crippen molar-refractivity contribution < 1.29 is 18.9 Å². The Labute approximate surface area is 240 Å². The van der Waals surface area contributed by atoms with Crippen molar-refractivity contribution >= 4 is 22.1 Å². The third-order valence-electron chi connectivity index (χ3n) is 7.60. The lowest BCUT2D eigenvalue weighted by Gasteiger charge is -2.32. The summed E-state index contributed by atoms with van der Waals surface area (Å²) in [6.07, 6.45) is 0. The van der Waals surface area contributed by atoms with Crippen LogP contribution in [0.3, 0.4) is 0 Å². The van der Waals surface area contributed by atoms with Crippen LogP contribution >= 0.6 is 0 Å². The van der Waals surface area contributed by atoms with Gasteiger partial charge >= 0.3 is 0 Å². The van der Waals surface area contributed by atoms with Crippen LogP contribution in [0.2, 0.25) is 0 Å². The van der Waals surface area contributed by atoms with E-state index in [1.54, 1.807) is 14.2 Å². The molecule has 6 rings (SSSR count). The van der Waals surface area contributed by atoms with Gasteiger partial charge in [0, 0.05) is 58.7 Å². The number of fused-ring (bicyclic) bond motifs is 1. The van der Waals surface area contributed by atoms with E-state index in [-0.39, 0.29) is 0 Å². The largest absolute Gasteiger partial charge is 0.497 e. The molecular weight excluding hydrogens is 512 g/mol. The van der Waals surface area contributed by atoms with Crippen LogP contribution in [0.1, 0.15) is 5.56 Å². The van der Waals surface area contributed by atoms with E-state index in [1.165, 1.54) is 0 Å². The minimum Gasteiger partial charge on any atom is -0.497 e. The Balaban J connectivity index is 1.62. The first kappa shape index (κ1) is 26.5. The Morgan fingerprint density at radius 1 is 0.732 bits per heavy atom. The number of methoxy groups -OCH3 is 2. The summed E-state index contributed by atoms with van der Waals surface area (Å²) in [5.74, 6) is 2.22. The third-order valence-corrected chi connectivity index (χ3v) is 7.60. The van der Waals surface area contributed by atoms with E-state index in [1.807, 2.05) is 54.6 Å². The lowest BCUT2D eigenvalue weighted by atomic mass is 9.91. The fourth-order valence-corrected chi connectivity index (χ4v) is 5.53. The molecule has 0 spiro atoms. The standard InChI is InChI=1S/C35H34N2O4/c1-38-26-13-14-27(33(19-26)39-2)28-20-29-30(21-32(28)37-15-17-40-18-16-37)35(25-11-7-4-8-12-25)31(36)22-34(29)41-23-24-9-5-3-6-10-24/h3-14,19-22H,15-18,23,36H2,1-2H3. The summed E-state index contributed by atoms with van der Waals surface area (Å²) in [5.41, 5.74) is 13.7. The lowest BCUT2D eigenvalue weighted by molar-refractivity contribution is 0.123. The number of ether oxygens (including phenoxy) is 4. The van der Waals surface area contributed by atoms with Gasteiger partial charge in [0.15, 0.2) is 0 Å². The Morgan fingerprint density at radius 3 is 2.17 bits per heavy atom. The molecule has 0 amide bonds. The first-order chi connectivity index (χ1) is 20.2. The summed E-state index contributed by atoms with van der Waals surface area (Å²) in [6.45, 7) is 3.36. The van der Waals surface area contributed by atoms with Crippen LogP contribution in [0.25, 0.3) is 33.0 Å². The molecule has 0 unspecified atom stereocenters. The van der Waals surface area contributed by atoms with E-state index < -0.39 is 0 Å². The number of nitrogen functional groups attached to an aromatic ring is 1. The molecule has 6 nitrogen and oxygen atoms in total. The lowest BCUT2D eigenvalue weighted by Crippen LogP contribution is -2.36.